The van der Waals surface area contributed by atoms with Gasteiger partial charge in [-0.2, -0.15) is 4.52 Å². The summed E-state index contributed by atoms with van der Waals surface area (Å²) in [6, 6.07) is 8.26. The van der Waals surface area contributed by atoms with Crippen molar-refractivity contribution in [1.82, 2.24) is 24.6 Å². The molecule has 15 heteroatoms. The molecular weight excluding hydrogens is 474 g/mol. The Bertz CT molecular complexity index is 1460. The van der Waals surface area contributed by atoms with E-state index >= 15 is 0 Å². The third-order valence-electron chi connectivity index (χ3n) is 4.39. The number of carboxylic acid groups (broad SMARTS) is 1. The summed E-state index contributed by atoms with van der Waals surface area (Å²) in [5, 5.41) is 27.6. The van der Waals surface area contributed by atoms with Crippen molar-refractivity contribution in [2.24, 2.45) is 0 Å². The summed E-state index contributed by atoms with van der Waals surface area (Å²) in [7, 11) is 1.13. The van der Waals surface area contributed by atoms with Gasteiger partial charge in [0.05, 0.1) is 7.11 Å². The van der Waals surface area contributed by atoms with E-state index in [1.807, 2.05) is 18.2 Å². The SMILES string of the molecule is COC(=O)c1cc(C(=O)O)nc2c(O)nnn12.Nc1c(Nc2cccc(CNCl)c2)c(=O)c1=O. The van der Waals surface area contributed by atoms with Crippen LogP contribution in [-0.2, 0) is 11.3 Å². The summed E-state index contributed by atoms with van der Waals surface area (Å²) in [5.74, 6) is -2.73. The maximum Gasteiger partial charge on any atom is 0.356 e. The molecule has 4 aromatic rings. The Kier molecular flexibility index (Phi) is 7.04. The van der Waals surface area contributed by atoms with Crippen LogP contribution in [0, 0.1) is 0 Å². The van der Waals surface area contributed by atoms with Crippen LogP contribution in [0.1, 0.15) is 26.5 Å². The molecule has 0 spiro atoms. The van der Waals surface area contributed by atoms with E-state index in [4.69, 9.17) is 22.6 Å². The van der Waals surface area contributed by atoms with E-state index < -0.39 is 34.4 Å². The number of aromatic carboxylic acids is 1. The second-order valence-electron chi connectivity index (χ2n) is 6.55. The molecule has 176 valence electrons. The molecule has 2 aromatic carbocycles. The normalized spacial score (nSPS) is 10.5. The molecule has 0 atom stereocenters. The number of methoxy groups -OCH3 is 1. The molecule has 0 saturated carbocycles. The van der Waals surface area contributed by atoms with Gasteiger partial charge in [0.1, 0.15) is 11.4 Å². The number of nitrogen functional groups attached to an aromatic ring is 1. The van der Waals surface area contributed by atoms with Crippen molar-refractivity contribution in [2.45, 2.75) is 6.54 Å². The molecule has 6 N–H and O–H groups in total. The molecule has 2 heterocycles. The highest BCUT2D eigenvalue weighted by Gasteiger charge is 2.20. The van der Waals surface area contributed by atoms with Crippen LogP contribution in [0.4, 0.5) is 17.1 Å². The zero-order chi connectivity index (χ0) is 25.0. The van der Waals surface area contributed by atoms with Gasteiger partial charge >= 0.3 is 11.9 Å². The highest BCUT2D eigenvalue weighted by atomic mass is 35.5. The quantitative estimate of drug-likeness (QED) is 0.139. The fourth-order valence-electron chi connectivity index (χ4n) is 2.74. The molecule has 0 aliphatic heterocycles. The number of anilines is 3. The number of carboxylic acids is 1. The minimum Gasteiger partial charge on any atom is -0.489 e. The molecule has 2 aromatic heterocycles. The molecule has 0 unspecified atom stereocenters. The van der Waals surface area contributed by atoms with Crippen LogP contribution in [-0.4, -0.2) is 49.1 Å². The van der Waals surface area contributed by atoms with Crippen molar-refractivity contribution in [3.8, 4) is 5.88 Å². The fourth-order valence-corrected chi connectivity index (χ4v) is 2.89. The van der Waals surface area contributed by atoms with Crippen LogP contribution in [0.3, 0.4) is 0 Å². The average Bonchev–Trinajstić information content (AvgIpc) is 3.22. The van der Waals surface area contributed by atoms with E-state index in [-0.39, 0.29) is 22.7 Å². The Balaban J connectivity index is 0.000000191. The molecule has 0 fully saturated rings. The third kappa shape index (κ3) is 4.77. The number of benzene rings is 1. The Labute approximate surface area is 194 Å². The van der Waals surface area contributed by atoms with E-state index in [0.717, 1.165) is 23.3 Å². The lowest BCUT2D eigenvalue weighted by atomic mass is 10.1. The zero-order valence-electron chi connectivity index (χ0n) is 17.3. The molecule has 0 aliphatic rings. The topological polar surface area (TPSA) is 211 Å². The molecule has 34 heavy (non-hydrogen) atoms. The largest absolute Gasteiger partial charge is 0.489 e. The van der Waals surface area contributed by atoms with Gasteiger partial charge < -0.3 is 26.0 Å². The summed E-state index contributed by atoms with van der Waals surface area (Å²) in [6.45, 7) is 0.498. The number of nitrogens with zero attached hydrogens (tertiary/aromatic N) is 4. The molecular formula is C19H16ClN7O7. The number of hydrogen-bond donors (Lipinski definition) is 5. The van der Waals surface area contributed by atoms with Crippen molar-refractivity contribution in [3.63, 3.8) is 0 Å². The second-order valence-corrected chi connectivity index (χ2v) is 6.82. The number of rotatable bonds is 6. The number of nitrogens with two attached hydrogens (primary N) is 1. The average molecular weight is 490 g/mol. The lowest BCUT2D eigenvalue weighted by molar-refractivity contribution is 0.0590. The zero-order valence-corrected chi connectivity index (χ0v) is 18.0. The second kappa shape index (κ2) is 9.93. The van der Waals surface area contributed by atoms with Crippen molar-refractivity contribution in [2.75, 3.05) is 18.2 Å². The van der Waals surface area contributed by atoms with Crippen LogP contribution in [0.15, 0.2) is 39.9 Å². The third-order valence-corrected chi connectivity index (χ3v) is 4.52. The molecule has 0 amide bonds. The summed E-state index contributed by atoms with van der Waals surface area (Å²) in [6.07, 6.45) is 0. The number of ether oxygens (including phenoxy) is 1. The van der Waals surface area contributed by atoms with Crippen molar-refractivity contribution < 1.29 is 24.5 Å². The molecule has 0 saturated heterocycles. The van der Waals surface area contributed by atoms with Gasteiger partial charge in [0.25, 0.3) is 16.7 Å². The number of halogens is 1. The van der Waals surface area contributed by atoms with Crippen LogP contribution in [0.2, 0.25) is 0 Å². The first kappa shape index (κ1) is 24.1. The van der Waals surface area contributed by atoms with Crippen LogP contribution in [0.5, 0.6) is 5.88 Å². The smallest absolute Gasteiger partial charge is 0.356 e. The molecule has 4 rings (SSSR count). The summed E-state index contributed by atoms with van der Waals surface area (Å²) >= 11 is 5.40. The first-order chi connectivity index (χ1) is 16.2. The van der Waals surface area contributed by atoms with Gasteiger partial charge in [-0.25, -0.2) is 19.4 Å². The predicted octanol–water partition coefficient (Wildman–Crippen LogP) is 0.166. The van der Waals surface area contributed by atoms with Gasteiger partial charge in [0.15, 0.2) is 11.4 Å². The van der Waals surface area contributed by atoms with Gasteiger partial charge in [-0.15, -0.1) is 0 Å². The summed E-state index contributed by atoms with van der Waals surface area (Å²) in [5.41, 5.74) is 5.13. The maximum absolute atomic E-state index is 11.4. The number of nitrogens with one attached hydrogen (secondary N) is 2. The van der Waals surface area contributed by atoms with Crippen LogP contribution >= 0.6 is 11.8 Å². The molecule has 0 radical (unpaired) electrons. The lowest BCUT2D eigenvalue weighted by Crippen LogP contribution is -2.36. The number of carbonyl (C=O) groups excluding carboxylic acids is 1. The standard InChI is InChI=1S/C11H10ClN3O2.C8H6N4O5/c12-14-5-6-2-1-3-7(4-6)15-9-8(13)10(16)11(9)17;1-17-8(16)4-2-3(7(14)15)9-5-6(13)10-11-12(4)5/h1-4,14-15H,5,13H2;2,13H,1H3,(H,14,15). The van der Waals surface area contributed by atoms with Gasteiger partial charge in [-0.3, -0.25) is 9.59 Å². The number of aromatic nitrogens is 4. The Morgan fingerprint density at radius 2 is 1.97 bits per heavy atom. The Morgan fingerprint density at radius 1 is 1.24 bits per heavy atom. The first-order valence-electron chi connectivity index (χ1n) is 9.23. The monoisotopic (exact) mass is 489 g/mol. The molecule has 14 nitrogen and oxygen atoms in total. The fraction of sp³-hybridized carbons (Fsp3) is 0.105. The number of esters is 1. The minimum atomic E-state index is -1.35. The molecule has 0 bridgehead atoms. The Morgan fingerprint density at radius 3 is 2.59 bits per heavy atom. The summed E-state index contributed by atoms with van der Waals surface area (Å²) < 4.78 is 5.35. The van der Waals surface area contributed by atoms with E-state index in [0.29, 0.717) is 12.2 Å². The van der Waals surface area contributed by atoms with Crippen molar-refractivity contribution in [3.05, 3.63) is 67.7 Å². The maximum atomic E-state index is 11.4. The van der Waals surface area contributed by atoms with Gasteiger partial charge in [0, 0.05) is 18.3 Å². The minimum absolute atomic E-state index is 0.0177. The van der Waals surface area contributed by atoms with Gasteiger partial charge in [-0.05, 0) is 29.5 Å². The van der Waals surface area contributed by atoms with Crippen LogP contribution in [0.25, 0.3) is 5.65 Å². The summed E-state index contributed by atoms with van der Waals surface area (Å²) in [4.78, 5) is 50.4. The van der Waals surface area contributed by atoms with Crippen LogP contribution < -0.4 is 26.7 Å². The van der Waals surface area contributed by atoms with Crippen molar-refractivity contribution >= 4 is 46.4 Å². The van der Waals surface area contributed by atoms with Crippen molar-refractivity contribution in [1.29, 1.82) is 0 Å². The number of fused-ring (bicyclic) bond motifs is 1. The van der Waals surface area contributed by atoms with E-state index in [9.17, 15) is 24.3 Å². The van der Waals surface area contributed by atoms with E-state index in [1.165, 1.54) is 0 Å². The highest BCUT2D eigenvalue weighted by Crippen LogP contribution is 2.19. The Hall–Kier alpha value is -4.56. The van der Waals surface area contributed by atoms with Gasteiger partial charge in [-0.1, -0.05) is 22.4 Å². The number of hydrogen-bond acceptors (Lipinski definition) is 12. The molecule has 0 aliphatic carbocycles. The number of aromatic hydroxyl groups is 1. The van der Waals surface area contributed by atoms with E-state index in [1.54, 1.807) is 6.07 Å². The predicted molar refractivity (Wildman–Crippen MR) is 119 cm³/mol. The van der Waals surface area contributed by atoms with E-state index in [2.05, 4.69) is 30.2 Å². The van der Waals surface area contributed by atoms with Gasteiger partial charge in [0.2, 0.25) is 5.65 Å². The lowest BCUT2D eigenvalue weighted by Gasteiger charge is -2.10. The first-order valence-corrected chi connectivity index (χ1v) is 9.61. The number of carbonyl (C=O) groups is 2. The highest BCUT2D eigenvalue weighted by molar-refractivity contribution is 6.13.